The van der Waals surface area contributed by atoms with Crippen molar-refractivity contribution in [1.82, 2.24) is 0 Å². The lowest BCUT2D eigenvalue weighted by molar-refractivity contribution is 1.24. The third kappa shape index (κ3) is 1.57. The van der Waals surface area contributed by atoms with E-state index in [4.69, 9.17) is 10.7 Å². The number of fused-ring (bicyclic) bond motifs is 4. The van der Waals surface area contributed by atoms with E-state index >= 15 is 0 Å². The van der Waals surface area contributed by atoms with Crippen LogP contribution in [0.5, 0.6) is 0 Å². The first-order chi connectivity index (χ1) is 9.83. The molecule has 2 aromatic carbocycles. The van der Waals surface area contributed by atoms with E-state index in [2.05, 4.69) is 17.0 Å². The average Bonchev–Trinajstić information content (AvgIpc) is 2.61. The molecular formula is C17H13N3. The molecule has 2 heterocycles. The second-order valence-electron chi connectivity index (χ2n) is 4.83. The highest BCUT2D eigenvalue weighted by atomic mass is 15.1. The minimum atomic E-state index is 0.755. The van der Waals surface area contributed by atoms with Crippen LogP contribution in [-0.2, 0) is 0 Å². The topological polar surface area (TPSA) is 41.6 Å². The highest BCUT2D eigenvalue weighted by Crippen LogP contribution is 2.33. The highest BCUT2D eigenvalue weighted by Gasteiger charge is 2.18. The van der Waals surface area contributed by atoms with Crippen molar-refractivity contribution < 1.29 is 0 Å². The molecule has 96 valence electrons. The number of rotatable bonds is 0. The SMILES string of the molecule is NC1=CC2=c3ccccc3=Nc3ccccc3N2C=C1. The van der Waals surface area contributed by atoms with E-state index in [0.717, 1.165) is 33.3 Å². The summed E-state index contributed by atoms with van der Waals surface area (Å²) in [4.78, 5) is 6.93. The predicted molar refractivity (Wildman–Crippen MR) is 80.6 cm³/mol. The zero-order valence-corrected chi connectivity index (χ0v) is 10.8. The van der Waals surface area contributed by atoms with Crippen LogP contribution in [0.25, 0.3) is 5.70 Å². The van der Waals surface area contributed by atoms with Gasteiger partial charge in [-0.25, -0.2) is 4.99 Å². The Morgan fingerprint density at radius 1 is 0.950 bits per heavy atom. The smallest absolute Gasteiger partial charge is 0.0877 e. The van der Waals surface area contributed by atoms with Gasteiger partial charge in [0, 0.05) is 17.1 Å². The van der Waals surface area contributed by atoms with Crippen LogP contribution >= 0.6 is 0 Å². The Hall–Kier alpha value is -2.81. The minimum Gasteiger partial charge on any atom is -0.399 e. The predicted octanol–water partition coefficient (Wildman–Crippen LogP) is 1.94. The number of nitrogens with zero attached hydrogens (tertiary/aromatic N) is 2. The Bertz CT molecular complexity index is 875. The van der Waals surface area contributed by atoms with Gasteiger partial charge in [0.05, 0.1) is 22.4 Å². The highest BCUT2D eigenvalue weighted by molar-refractivity contribution is 5.85. The van der Waals surface area contributed by atoms with E-state index in [0.29, 0.717) is 0 Å². The van der Waals surface area contributed by atoms with Gasteiger partial charge in [0.25, 0.3) is 0 Å². The summed E-state index contributed by atoms with van der Waals surface area (Å²) in [5.74, 6) is 0. The molecule has 2 aliphatic rings. The third-order valence-electron chi connectivity index (χ3n) is 3.54. The van der Waals surface area contributed by atoms with Crippen molar-refractivity contribution in [1.29, 1.82) is 0 Å². The van der Waals surface area contributed by atoms with Crippen molar-refractivity contribution in [3.05, 3.63) is 83.2 Å². The Kier molecular flexibility index (Phi) is 2.27. The molecule has 0 amide bonds. The molecule has 0 saturated carbocycles. The van der Waals surface area contributed by atoms with Crippen LogP contribution in [0.2, 0.25) is 0 Å². The Morgan fingerprint density at radius 2 is 1.75 bits per heavy atom. The van der Waals surface area contributed by atoms with Crippen LogP contribution in [0.15, 0.2) is 77.6 Å². The molecule has 0 atom stereocenters. The van der Waals surface area contributed by atoms with Gasteiger partial charge in [0.15, 0.2) is 0 Å². The van der Waals surface area contributed by atoms with Crippen LogP contribution in [0.4, 0.5) is 11.4 Å². The second kappa shape index (κ2) is 4.10. The van der Waals surface area contributed by atoms with Crippen LogP contribution in [0.3, 0.4) is 0 Å². The van der Waals surface area contributed by atoms with E-state index in [1.807, 2.05) is 54.8 Å². The van der Waals surface area contributed by atoms with Crippen LogP contribution < -0.4 is 21.2 Å². The Morgan fingerprint density at radius 3 is 2.70 bits per heavy atom. The molecule has 0 aliphatic carbocycles. The fourth-order valence-electron chi connectivity index (χ4n) is 2.61. The van der Waals surface area contributed by atoms with Gasteiger partial charge in [-0.05, 0) is 30.4 Å². The van der Waals surface area contributed by atoms with E-state index in [-0.39, 0.29) is 0 Å². The number of hydrogen-bond donors (Lipinski definition) is 1. The van der Waals surface area contributed by atoms with E-state index in [9.17, 15) is 0 Å². The Balaban J connectivity index is 2.18. The van der Waals surface area contributed by atoms with Gasteiger partial charge in [-0.2, -0.15) is 0 Å². The molecular weight excluding hydrogens is 246 g/mol. The second-order valence-corrected chi connectivity index (χ2v) is 4.83. The molecule has 0 unspecified atom stereocenters. The van der Waals surface area contributed by atoms with Gasteiger partial charge in [0.2, 0.25) is 0 Å². The summed E-state index contributed by atoms with van der Waals surface area (Å²) in [5.41, 5.74) is 9.82. The number of para-hydroxylation sites is 3. The van der Waals surface area contributed by atoms with Gasteiger partial charge in [-0.15, -0.1) is 0 Å². The molecule has 0 radical (unpaired) electrons. The van der Waals surface area contributed by atoms with Crippen molar-refractivity contribution in [2.45, 2.75) is 0 Å². The summed E-state index contributed by atoms with van der Waals surface area (Å²) in [5, 5.41) is 2.06. The first-order valence-corrected chi connectivity index (χ1v) is 6.55. The first-order valence-electron chi connectivity index (χ1n) is 6.55. The maximum atomic E-state index is 5.97. The van der Waals surface area contributed by atoms with Crippen LogP contribution in [0.1, 0.15) is 0 Å². The number of hydrogen-bond acceptors (Lipinski definition) is 3. The quantitative estimate of drug-likeness (QED) is 0.785. The van der Waals surface area contributed by atoms with Crippen molar-refractivity contribution in [3.8, 4) is 0 Å². The summed E-state index contributed by atoms with van der Waals surface area (Å²) in [7, 11) is 0. The van der Waals surface area contributed by atoms with E-state index < -0.39 is 0 Å². The molecule has 0 spiro atoms. The van der Waals surface area contributed by atoms with Crippen molar-refractivity contribution in [2.75, 3.05) is 4.90 Å². The number of anilines is 1. The van der Waals surface area contributed by atoms with Gasteiger partial charge in [0.1, 0.15) is 0 Å². The summed E-state index contributed by atoms with van der Waals surface area (Å²) < 4.78 is 0. The summed E-state index contributed by atoms with van der Waals surface area (Å²) in [6.45, 7) is 0. The first kappa shape index (κ1) is 11.1. The van der Waals surface area contributed by atoms with Gasteiger partial charge >= 0.3 is 0 Å². The van der Waals surface area contributed by atoms with Crippen LogP contribution in [-0.4, -0.2) is 0 Å². The molecule has 20 heavy (non-hydrogen) atoms. The standard InChI is InChI=1S/C17H13N3/c18-12-9-10-20-16-8-4-3-7-15(16)19-14-6-2-1-5-13(14)17(20)11-12/h1-11H,18H2. The third-order valence-corrected chi connectivity index (χ3v) is 3.54. The van der Waals surface area contributed by atoms with Crippen molar-refractivity contribution >= 4 is 17.1 Å². The zero-order chi connectivity index (χ0) is 13.5. The zero-order valence-electron chi connectivity index (χ0n) is 10.8. The molecule has 0 bridgehead atoms. The molecule has 4 rings (SSSR count). The van der Waals surface area contributed by atoms with E-state index in [1.165, 1.54) is 0 Å². The molecule has 3 heteroatoms. The van der Waals surface area contributed by atoms with Gasteiger partial charge in [-0.1, -0.05) is 30.3 Å². The maximum absolute atomic E-state index is 5.97. The lowest BCUT2D eigenvalue weighted by Crippen LogP contribution is -2.31. The molecule has 0 saturated heterocycles. The molecule has 2 aromatic rings. The van der Waals surface area contributed by atoms with Gasteiger partial charge < -0.3 is 10.6 Å². The van der Waals surface area contributed by atoms with Gasteiger partial charge in [-0.3, -0.25) is 0 Å². The number of nitrogens with two attached hydrogens (primary N) is 1. The van der Waals surface area contributed by atoms with Crippen molar-refractivity contribution in [2.24, 2.45) is 10.7 Å². The molecule has 3 nitrogen and oxygen atoms in total. The monoisotopic (exact) mass is 259 g/mol. The Labute approximate surface area is 116 Å². The average molecular weight is 259 g/mol. The summed E-state index contributed by atoms with van der Waals surface area (Å²) in [6, 6.07) is 16.3. The van der Waals surface area contributed by atoms with Crippen molar-refractivity contribution in [3.63, 3.8) is 0 Å². The molecule has 0 aromatic heterocycles. The number of allylic oxidation sites excluding steroid dienone is 1. The fourth-order valence-corrected chi connectivity index (χ4v) is 2.61. The lowest BCUT2D eigenvalue weighted by Gasteiger charge is -2.25. The molecule has 2 N–H and O–H groups in total. The molecule has 2 aliphatic heterocycles. The maximum Gasteiger partial charge on any atom is 0.0877 e. The summed E-state index contributed by atoms with van der Waals surface area (Å²) >= 11 is 0. The number of benzene rings is 2. The largest absolute Gasteiger partial charge is 0.399 e. The molecule has 0 fully saturated rings. The van der Waals surface area contributed by atoms with Crippen LogP contribution in [0, 0.1) is 0 Å². The van der Waals surface area contributed by atoms with E-state index in [1.54, 1.807) is 0 Å². The normalized spacial score (nSPS) is 15.5. The fraction of sp³-hybridized carbons (Fsp3) is 0. The minimum absolute atomic E-state index is 0.755. The lowest BCUT2D eigenvalue weighted by atomic mass is 10.1. The summed E-state index contributed by atoms with van der Waals surface area (Å²) in [6.07, 6.45) is 5.91.